The maximum absolute atomic E-state index is 10.4. The zero-order chi connectivity index (χ0) is 16.8. The van der Waals surface area contributed by atoms with Crippen LogP contribution >= 0.6 is 0 Å². The number of nitriles is 1. The van der Waals surface area contributed by atoms with Crippen LogP contribution in [0.5, 0.6) is 0 Å². The van der Waals surface area contributed by atoms with Crippen LogP contribution in [0.25, 0.3) is 0 Å². The largest absolute Gasteiger partial charge is 0.312 e. The molecule has 0 fully saturated rings. The first-order valence-electron chi connectivity index (χ1n) is 8.62. The van der Waals surface area contributed by atoms with Crippen LogP contribution in [0, 0.1) is 23.2 Å². The summed E-state index contributed by atoms with van der Waals surface area (Å²) in [5.41, 5.74) is 1.08. The molecule has 3 heteroatoms. The fraction of sp³-hybridized carbons (Fsp3) is 0.550. The predicted molar refractivity (Wildman–Crippen MR) is 93.6 cm³/mol. The molecule has 3 nitrogen and oxygen atoms in total. The van der Waals surface area contributed by atoms with Crippen molar-refractivity contribution in [1.29, 1.82) is 5.26 Å². The Kier molecular flexibility index (Phi) is 10.6. The second-order valence-electron chi connectivity index (χ2n) is 5.78. The molecule has 0 radical (unpaired) electrons. The molecular formula is C20H28N2O. The Morgan fingerprint density at radius 3 is 2.57 bits per heavy atom. The molecule has 124 valence electrons. The van der Waals surface area contributed by atoms with Gasteiger partial charge >= 0.3 is 0 Å². The van der Waals surface area contributed by atoms with Gasteiger partial charge in [-0.2, -0.15) is 10.3 Å². The molecule has 0 aromatic heterocycles. The van der Waals surface area contributed by atoms with Crippen LogP contribution in [-0.2, 0) is 6.54 Å². The number of unbranched alkanes of at least 4 members (excludes halogenated alkanes) is 5. The smallest absolute Gasteiger partial charge is 0.0960 e. The van der Waals surface area contributed by atoms with E-state index in [1.807, 2.05) is 30.3 Å². The van der Waals surface area contributed by atoms with Crippen molar-refractivity contribution in [2.75, 3.05) is 0 Å². The quantitative estimate of drug-likeness (QED) is 0.379. The lowest BCUT2D eigenvalue weighted by atomic mass is 10.1. The molecular weight excluding hydrogens is 284 g/mol. The molecule has 1 aromatic carbocycles. The van der Waals surface area contributed by atoms with Gasteiger partial charge in [-0.15, -0.1) is 5.92 Å². The normalized spacial score (nSPS) is 11.6. The topological polar surface area (TPSA) is 47.3 Å². The van der Waals surface area contributed by atoms with E-state index in [9.17, 15) is 5.21 Å². The first-order chi connectivity index (χ1) is 11.3. The van der Waals surface area contributed by atoms with Gasteiger partial charge in [-0.05, 0) is 18.4 Å². The van der Waals surface area contributed by atoms with E-state index in [4.69, 9.17) is 5.26 Å². The summed E-state index contributed by atoms with van der Waals surface area (Å²) in [6, 6.07) is 12.0. The summed E-state index contributed by atoms with van der Waals surface area (Å²) in [7, 11) is 0. The summed E-state index contributed by atoms with van der Waals surface area (Å²) in [5.74, 6) is 6.32. The Labute approximate surface area is 140 Å². The lowest BCUT2D eigenvalue weighted by Crippen LogP contribution is -2.30. The van der Waals surface area contributed by atoms with Crippen LogP contribution in [0.4, 0.5) is 0 Å². The van der Waals surface area contributed by atoms with Crippen molar-refractivity contribution in [3.05, 3.63) is 35.9 Å². The minimum absolute atomic E-state index is 0.130. The molecule has 1 unspecified atom stereocenters. The summed E-state index contributed by atoms with van der Waals surface area (Å²) in [6.45, 7) is 2.69. The monoisotopic (exact) mass is 312 g/mol. The van der Waals surface area contributed by atoms with E-state index in [-0.39, 0.29) is 6.04 Å². The molecule has 0 spiro atoms. The van der Waals surface area contributed by atoms with Gasteiger partial charge in [0.1, 0.15) is 0 Å². The van der Waals surface area contributed by atoms with E-state index in [0.29, 0.717) is 13.0 Å². The highest BCUT2D eigenvalue weighted by atomic mass is 16.5. The third-order valence-corrected chi connectivity index (χ3v) is 3.74. The van der Waals surface area contributed by atoms with E-state index < -0.39 is 0 Å². The van der Waals surface area contributed by atoms with Gasteiger partial charge in [0.05, 0.1) is 18.7 Å². The molecule has 1 rings (SSSR count). The number of nitrogens with zero attached hydrogens (tertiary/aromatic N) is 2. The van der Waals surface area contributed by atoms with Crippen molar-refractivity contribution in [3.8, 4) is 17.9 Å². The summed E-state index contributed by atoms with van der Waals surface area (Å²) < 4.78 is 0. The van der Waals surface area contributed by atoms with Crippen LogP contribution in [-0.4, -0.2) is 16.3 Å². The number of rotatable bonds is 10. The third-order valence-electron chi connectivity index (χ3n) is 3.74. The number of hydrogen-bond donors (Lipinski definition) is 1. The van der Waals surface area contributed by atoms with Crippen molar-refractivity contribution < 1.29 is 5.21 Å². The molecule has 0 saturated carbocycles. The minimum Gasteiger partial charge on any atom is -0.312 e. The Morgan fingerprint density at radius 2 is 1.87 bits per heavy atom. The molecule has 0 aliphatic carbocycles. The fourth-order valence-electron chi connectivity index (χ4n) is 2.39. The van der Waals surface area contributed by atoms with Crippen LogP contribution in [0.1, 0.15) is 63.9 Å². The lowest BCUT2D eigenvalue weighted by molar-refractivity contribution is -0.121. The second kappa shape index (κ2) is 12.7. The zero-order valence-electron chi connectivity index (χ0n) is 14.2. The Hall–Kier alpha value is -1.81. The molecule has 0 heterocycles. The SMILES string of the molecule is CCCCCCC(C#CCCCC#N)N(O)Cc1ccccc1. The van der Waals surface area contributed by atoms with Gasteiger partial charge in [-0.3, -0.25) is 0 Å². The van der Waals surface area contributed by atoms with Crippen LogP contribution in [0.3, 0.4) is 0 Å². The molecule has 0 aliphatic rings. The van der Waals surface area contributed by atoms with Gasteiger partial charge in [0, 0.05) is 12.8 Å². The molecule has 1 aromatic rings. The molecule has 0 aliphatic heterocycles. The van der Waals surface area contributed by atoms with E-state index in [1.54, 1.807) is 0 Å². The number of hydrogen-bond acceptors (Lipinski definition) is 3. The van der Waals surface area contributed by atoms with E-state index in [1.165, 1.54) is 24.3 Å². The van der Waals surface area contributed by atoms with Gasteiger partial charge < -0.3 is 5.21 Å². The molecule has 23 heavy (non-hydrogen) atoms. The molecule has 1 N–H and O–H groups in total. The minimum atomic E-state index is -0.130. The highest BCUT2D eigenvalue weighted by molar-refractivity contribution is 5.15. The van der Waals surface area contributed by atoms with Crippen molar-refractivity contribution in [3.63, 3.8) is 0 Å². The fourth-order valence-corrected chi connectivity index (χ4v) is 2.39. The highest BCUT2D eigenvalue weighted by Gasteiger charge is 2.14. The van der Waals surface area contributed by atoms with Gasteiger partial charge in [0.15, 0.2) is 0 Å². The molecule has 1 atom stereocenters. The Morgan fingerprint density at radius 1 is 1.09 bits per heavy atom. The average Bonchev–Trinajstić information content (AvgIpc) is 2.57. The third kappa shape index (κ3) is 9.04. The van der Waals surface area contributed by atoms with Crippen molar-refractivity contribution >= 4 is 0 Å². The number of hydroxylamine groups is 2. The van der Waals surface area contributed by atoms with Gasteiger partial charge in [0.25, 0.3) is 0 Å². The Bertz CT molecular complexity index is 510. The first kappa shape index (κ1) is 19.2. The maximum atomic E-state index is 10.4. The molecule has 0 bridgehead atoms. The van der Waals surface area contributed by atoms with Crippen LogP contribution < -0.4 is 0 Å². The maximum Gasteiger partial charge on any atom is 0.0960 e. The van der Waals surface area contributed by atoms with Crippen LogP contribution in [0.15, 0.2) is 30.3 Å². The highest BCUT2D eigenvalue weighted by Crippen LogP contribution is 2.12. The summed E-state index contributed by atoms with van der Waals surface area (Å²) in [6.07, 6.45) is 7.65. The van der Waals surface area contributed by atoms with Gasteiger partial charge in [-0.25, -0.2) is 0 Å². The molecule has 0 amide bonds. The van der Waals surface area contributed by atoms with E-state index in [2.05, 4.69) is 24.8 Å². The first-order valence-corrected chi connectivity index (χ1v) is 8.62. The number of benzene rings is 1. The summed E-state index contributed by atoms with van der Waals surface area (Å²) in [5, 5.41) is 20.3. The lowest BCUT2D eigenvalue weighted by Gasteiger charge is -2.22. The summed E-state index contributed by atoms with van der Waals surface area (Å²) >= 11 is 0. The van der Waals surface area contributed by atoms with Crippen LogP contribution in [0.2, 0.25) is 0 Å². The van der Waals surface area contributed by atoms with Crippen molar-refractivity contribution in [2.45, 2.75) is 70.9 Å². The average molecular weight is 312 g/mol. The van der Waals surface area contributed by atoms with E-state index >= 15 is 0 Å². The molecule has 0 saturated heterocycles. The van der Waals surface area contributed by atoms with Crippen molar-refractivity contribution in [1.82, 2.24) is 5.06 Å². The van der Waals surface area contributed by atoms with Gasteiger partial charge in [0.2, 0.25) is 0 Å². The van der Waals surface area contributed by atoms with Crippen molar-refractivity contribution in [2.24, 2.45) is 0 Å². The van der Waals surface area contributed by atoms with E-state index in [0.717, 1.165) is 31.2 Å². The summed E-state index contributed by atoms with van der Waals surface area (Å²) in [4.78, 5) is 0. The van der Waals surface area contributed by atoms with Gasteiger partial charge in [-0.1, -0.05) is 68.9 Å². The zero-order valence-corrected chi connectivity index (χ0v) is 14.2. The predicted octanol–water partition coefficient (Wildman–Crippen LogP) is 4.91. The second-order valence-corrected chi connectivity index (χ2v) is 5.78. The standard InChI is InChI=1S/C20H28N2O/c1-2-3-4-10-15-20(16-11-5-6-12-17-21)22(23)18-19-13-8-7-9-14-19/h7-9,13-14,20,23H,2-6,10,12,15,18H2,1H3. The Balaban J connectivity index is 2.55.